The number of rotatable bonds is 7. The Morgan fingerprint density at radius 2 is 1.26 bits per heavy atom. The van der Waals surface area contributed by atoms with Crippen molar-refractivity contribution in [3.05, 3.63) is 107 Å². The summed E-state index contributed by atoms with van der Waals surface area (Å²) in [6.45, 7) is 3.76. The largest absolute Gasteiger partial charge is 0.296 e. The highest BCUT2D eigenvalue weighted by atomic mass is 32.2. The molecule has 8 nitrogen and oxygen atoms in total. The van der Waals surface area contributed by atoms with Crippen molar-refractivity contribution in [2.45, 2.75) is 36.5 Å². The minimum atomic E-state index is -4.49. The molecule has 0 spiro atoms. The number of aliphatic imine (C=N–C) groups is 2. The van der Waals surface area contributed by atoms with Gasteiger partial charge in [0.2, 0.25) is 0 Å². The molecule has 0 heterocycles. The fraction of sp³-hybridized carbons (Fsp3) is 0.143. The number of aryl methyl sites for hydroxylation is 2. The zero-order valence-electron chi connectivity index (χ0n) is 20.7. The van der Waals surface area contributed by atoms with Crippen molar-refractivity contribution >= 4 is 43.0 Å². The third-order valence-corrected chi connectivity index (χ3v) is 7.72. The molecule has 3 aromatic rings. The van der Waals surface area contributed by atoms with Gasteiger partial charge >= 0.3 is 0 Å². The van der Waals surface area contributed by atoms with E-state index >= 15 is 0 Å². The Balaban J connectivity index is 1.60. The highest BCUT2D eigenvalue weighted by Crippen LogP contribution is 2.27. The average Bonchev–Trinajstić information content (AvgIpc) is 2.86. The molecule has 0 radical (unpaired) electrons. The van der Waals surface area contributed by atoms with Gasteiger partial charge in [-0.25, -0.2) is 9.98 Å². The van der Waals surface area contributed by atoms with Crippen molar-refractivity contribution in [2.24, 2.45) is 9.98 Å². The van der Waals surface area contributed by atoms with Gasteiger partial charge < -0.3 is 0 Å². The minimum absolute atomic E-state index is 0.0977. The third-order valence-electron chi connectivity index (χ3n) is 5.91. The molecule has 0 saturated carbocycles. The van der Waals surface area contributed by atoms with E-state index in [1.165, 1.54) is 23.8 Å². The summed E-state index contributed by atoms with van der Waals surface area (Å²) in [7, 11) is -8.94. The van der Waals surface area contributed by atoms with Crippen molar-refractivity contribution < 1.29 is 25.9 Å². The van der Waals surface area contributed by atoms with Crippen LogP contribution in [0.1, 0.15) is 29.2 Å². The van der Waals surface area contributed by atoms with Gasteiger partial charge in [0.15, 0.2) is 0 Å². The lowest BCUT2D eigenvalue weighted by Gasteiger charge is -2.10. The van der Waals surface area contributed by atoms with E-state index < -0.39 is 20.2 Å². The summed E-state index contributed by atoms with van der Waals surface area (Å²) in [5.41, 5.74) is 4.57. The van der Waals surface area contributed by atoms with E-state index in [1.807, 2.05) is 24.3 Å². The number of hydrogen-bond acceptors (Lipinski definition) is 6. The molecule has 0 aromatic heterocycles. The molecule has 3 aromatic carbocycles. The van der Waals surface area contributed by atoms with E-state index in [2.05, 4.69) is 16.9 Å². The van der Waals surface area contributed by atoms with Crippen LogP contribution in [0.15, 0.2) is 105 Å². The molecular formula is C28H26N2O6S2. The highest BCUT2D eigenvalue weighted by molar-refractivity contribution is 7.86. The maximum atomic E-state index is 12.1. The van der Waals surface area contributed by atoms with Crippen LogP contribution in [0.5, 0.6) is 0 Å². The van der Waals surface area contributed by atoms with E-state index in [0.29, 0.717) is 34.7 Å². The summed E-state index contributed by atoms with van der Waals surface area (Å²) < 4.78 is 67.1. The standard InChI is InChI=1S/C28H26N2O6S2/c1-3-20-5-7-21(8-6-20)17-22-9-10-25(18-27(22)37(31,32)33)29-23-11-13-24(14-12-23)30-26-15-4-19(2)16-28(26)38(34,35)36/h4-16,18H,3,17H2,1-2H3,(H,31,32,33)(H,34,35,36). The second kappa shape index (κ2) is 11.0. The number of hydrogen-bond donors (Lipinski definition) is 2. The lowest BCUT2D eigenvalue weighted by atomic mass is 10.0. The van der Waals surface area contributed by atoms with Crippen LogP contribution in [0, 0.1) is 6.92 Å². The van der Waals surface area contributed by atoms with E-state index in [9.17, 15) is 25.9 Å². The molecule has 2 N–H and O–H groups in total. The Morgan fingerprint density at radius 1 is 0.684 bits per heavy atom. The summed E-state index contributed by atoms with van der Waals surface area (Å²) in [4.78, 5) is 8.27. The van der Waals surface area contributed by atoms with Gasteiger partial charge in [0.25, 0.3) is 20.2 Å². The Kier molecular flexibility index (Phi) is 7.89. The lowest BCUT2D eigenvalue weighted by Crippen LogP contribution is -2.04. The first kappa shape index (κ1) is 27.3. The first-order chi connectivity index (χ1) is 17.9. The van der Waals surface area contributed by atoms with Crippen molar-refractivity contribution in [2.75, 3.05) is 0 Å². The molecule has 0 fully saturated rings. The predicted octanol–water partition coefficient (Wildman–Crippen LogP) is 5.61. The summed E-state index contributed by atoms with van der Waals surface area (Å²) in [5.74, 6) is 0. The van der Waals surface area contributed by atoms with Crippen molar-refractivity contribution in [1.82, 2.24) is 0 Å². The lowest BCUT2D eigenvalue weighted by molar-refractivity contribution is 0.480. The van der Waals surface area contributed by atoms with E-state index in [-0.39, 0.29) is 15.5 Å². The van der Waals surface area contributed by atoms with Gasteiger partial charge in [-0.3, -0.25) is 9.11 Å². The maximum Gasteiger partial charge on any atom is 0.296 e. The average molecular weight is 551 g/mol. The number of nitrogens with zero attached hydrogens (tertiary/aromatic N) is 2. The number of benzene rings is 3. The van der Waals surface area contributed by atoms with Crippen LogP contribution in [0.2, 0.25) is 0 Å². The predicted molar refractivity (Wildman–Crippen MR) is 148 cm³/mol. The molecule has 0 amide bonds. The summed E-state index contributed by atoms with van der Waals surface area (Å²) in [6, 6.07) is 17.0. The Labute approximate surface area is 222 Å². The molecule has 4 rings (SSSR count). The highest BCUT2D eigenvalue weighted by Gasteiger charge is 2.18. The van der Waals surface area contributed by atoms with Crippen LogP contribution in [0.4, 0.5) is 11.4 Å². The SMILES string of the molecule is CCc1ccc(Cc2ccc(N=C3C=CC(=Nc4ccc(C)cc4S(=O)(=O)O)C=C3)cc2S(=O)(=O)O)cc1. The van der Waals surface area contributed by atoms with E-state index in [1.54, 1.807) is 49.4 Å². The smallest absolute Gasteiger partial charge is 0.282 e. The summed E-state index contributed by atoms with van der Waals surface area (Å²) in [6.07, 6.45) is 7.74. The van der Waals surface area contributed by atoms with Gasteiger partial charge in [-0.05, 0) is 90.6 Å². The first-order valence-corrected chi connectivity index (χ1v) is 14.6. The summed E-state index contributed by atoms with van der Waals surface area (Å²) >= 11 is 0. The molecule has 38 heavy (non-hydrogen) atoms. The van der Waals surface area contributed by atoms with E-state index in [4.69, 9.17) is 0 Å². The second-order valence-corrected chi connectivity index (χ2v) is 11.6. The summed E-state index contributed by atoms with van der Waals surface area (Å²) in [5, 5.41) is 0. The molecule has 0 bridgehead atoms. The van der Waals surface area contributed by atoms with Gasteiger partial charge in [-0.2, -0.15) is 16.8 Å². The molecular weight excluding hydrogens is 524 g/mol. The van der Waals surface area contributed by atoms with Gasteiger partial charge in [-0.15, -0.1) is 0 Å². The molecule has 0 unspecified atom stereocenters. The maximum absolute atomic E-state index is 12.1. The van der Waals surface area contributed by atoms with Crippen LogP contribution in [0.3, 0.4) is 0 Å². The number of allylic oxidation sites excluding steroid dienone is 4. The molecule has 196 valence electrons. The topological polar surface area (TPSA) is 133 Å². The molecule has 0 aliphatic heterocycles. The van der Waals surface area contributed by atoms with Crippen molar-refractivity contribution in [1.29, 1.82) is 0 Å². The fourth-order valence-electron chi connectivity index (χ4n) is 3.92. The van der Waals surface area contributed by atoms with E-state index in [0.717, 1.165) is 12.0 Å². The van der Waals surface area contributed by atoms with Crippen LogP contribution in [-0.2, 0) is 33.1 Å². The van der Waals surface area contributed by atoms with Crippen molar-refractivity contribution in [3.63, 3.8) is 0 Å². The zero-order valence-corrected chi connectivity index (χ0v) is 22.4. The Hall–Kier alpha value is -3.70. The minimum Gasteiger partial charge on any atom is -0.282 e. The van der Waals surface area contributed by atoms with Gasteiger partial charge in [0.05, 0.1) is 27.7 Å². The fourth-order valence-corrected chi connectivity index (χ4v) is 5.38. The monoisotopic (exact) mass is 550 g/mol. The van der Waals surface area contributed by atoms with Crippen LogP contribution in [0.25, 0.3) is 0 Å². The molecule has 0 atom stereocenters. The first-order valence-electron chi connectivity index (χ1n) is 11.7. The Morgan fingerprint density at radius 3 is 1.84 bits per heavy atom. The quantitative estimate of drug-likeness (QED) is 0.290. The normalized spacial score (nSPS) is 13.6. The zero-order chi connectivity index (χ0) is 27.5. The second-order valence-electron chi connectivity index (χ2n) is 8.80. The third kappa shape index (κ3) is 6.78. The molecule has 1 aliphatic carbocycles. The molecule has 0 saturated heterocycles. The van der Waals surface area contributed by atoms with Gasteiger partial charge in [-0.1, -0.05) is 43.3 Å². The van der Waals surface area contributed by atoms with Crippen LogP contribution in [-0.4, -0.2) is 37.4 Å². The Bertz CT molecular complexity index is 1700. The van der Waals surface area contributed by atoms with Gasteiger partial charge in [0, 0.05) is 0 Å². The van der Waals surface area contributed by atoms with Crippen molar-refractivity contribution in [3.8, 4) is 0 Å². The van der Waals surface area contributed by atoms with Crippen LogP contribution < -0.4 is 0 Å². The van der Waals surface area contributed by atoms with Gasteiger partial charge in [0.1, 0.15) is 4.90 Å². The molecule has 1 aliphatic rings. The van der Waals surface area contributed by atoms with Crippen LogP contribution >= 0.6 is 0 Å². The molecule has 10 heteroatoms.